The number of pyridine rings is 2. The number of nitrogens with zero attached hydrogens (tertiary/aromatic N) is 4. The fraction of sp³-hybridized carbons (Fsp3) is 0.308. The minimum Gasteiger partial charge on any atom is -0.399 e. The van der Waals surface area contributed by atoms with Gasteiger partial charge in [0.25, 0.3) is 0 Å². The number of carbonyl (C=O) groups is 1. The van der Waals surface area contributed by atoms with Crippen molar-refractivity contribution in [1.29, 1.82) is 0 Å². The van der Waals surface area contributed by atoms with E-state index in [1.165, 1.54) is 20.1 Å². The van der Waals surface area contributed by atoms with Crippen LogP contribution < -0.4 is 5.32 Å². The normalized spacial score (nSPS) is 15.1. The number of oxime groups is 1. The van der Waals surface area contributed by atoms with Gasteiger partial charge in [-0.3, -0.25) is 19.7 Å². The van der Waals surface area contributed by atoms with Crippen LogP contribution in [0.4, 0.5) is 14.5 Å². The molecule has 1 fully saturated rings. The zero-order chi connectivity index (χ0) is 24.8. The number of halogens is 2. The van der Waals surface area contributed by atoms with Crippen LogP contribution in [0.25, 0.3) is 0 Å². The molecule has 0 unspecified atom stereocenters. The molecule has 0 atom stereocenters. The second-order valence-corrected chi connectivity index (χ2v) is 8.54. The third kappa shape index (κ3) is 6.24. The van der Waals surface area contributed by atoms with E-state index in [0.29, 0.717) is 22.9 Å². The largest absolute Gasteiger partial charge is 0.399 e. The topological polar surface area (TPSA) is 79.7 Å². The maximum atomic E-state index is 13.7. The van der Waals surface area contributed by atoms with Gasteiger partial charge in [-0.15, -0.1) is 0 Å². The van der Waals surface area contributed by atoms with Gasteiger partial charge in [0, 0.05) is 31.4 Å². The summed E-state index contributed by atoms with van der Waals surface area (Å²) in [6.45, 7) is 4.11. The Labute approximate surface area is 202 Å². The molecular weight excluding hydrogens is 452 g/mol. The quantitative estimate of drug-likeness (QED) is 0.399. The SMILES string of the molecule is CO/N=C(/c1ccc(F)c(F)c1)c1ccc(CN2CCC(c3cncc(NC(C)=O)c3)CC2)cn1. The molecule has 7 nitrogen and oxygen atoms in total. The van der Waals surface area contributed by atoms with Crippen molar-refractivity contribution in [2.24, 2.45) is 5.16 Å². The van der Waals surface area contributed by atoms with Crippen LogP contribution in [0.3, 0.4) is 0 Å². The van der Waals surface area contributed by atoms with E-state index in [0.717, 1.165) is 61.4 Å². The lowest BCUT2D eigenvalue weighted by Gasteiger charge is -2.32. The van der Waals surface area contributed by atoms with Crippen LogP contribution in [0.5, 0.6) is 0 Å². The number of piperidine rings is 1. The van der Waals surface area contributed by atoms with E-state index in [1.807, 2.05) is 18.3 Å². The van der Waals surface area contributed by atoms with Crippen molar-refractivity contribution < 1.29 is 18.4 Å². The molecule has 0 aliphatic carbocycles. The van der Waals surface area contributed by atoms with E-state index in [-0.39, 0.29) is 5.91 Å². The Hall–Kier alpha value is -3.72. The molecule has 3 aromatic rings. The smallest absolute Gasteiger partial charge is 0.221 e. The molecule has 9 heteroatoms. The number of hydrogen-bond donors (Lipinski definition) is 1. The Bertz CT molecular complexity index is 1210. The number of carbonyl (C=O) groups excluding carboxylic acids is 1. The lowest BCUT2D eigenvalue weighted by molar-refractivity contribution is -0.114. The van der Waals surface area contributed by atoms with Gasteiger partial charge in [-0.1, -0.05) is 11.2 Å². The van der Waals surface area contributed by atoms with Gasteiger partial charge in [-0.2, -0.15) is 0 Å². The summed E-state index contributed by atoms with van der Waals surface area (Å²) in [5.41, 5.74) is 4.13. The Morgan fingerprint density at radius 1 is 1.11 bits per heavy atom. The van der Waals surface area contributed by atoms with E-state index in [4.69, 9.17) is 4.84 Å². The van der Waals surface area contributed by atoms with Crippen molar-refractivity contribution in [2.75, 3.05) is 25.5 Å². The van der Waals surface area contributed by atoms with Gasteiger partial charge in [0.2, 0.25) is 5.91 Å². The summed E-state index contributed by atoms with van der Waals surface area (Å²) < 4.78 is 27.0. The molecule has 0 radical (unpaired) electrons. The van der Waals surface area contributed by atoms with Gasteiger partial charge in [-0.05, 0) is 73.3 Å². The second-order valence-electron chi connectivity index (χ2n) is 8.54. The maximum Gasteiger partial charge on any atom is 0.221 e. The van der Waals surface area contributed by atoms with Gasteiger partial charge < -0.3 is 10.2 Å². The minimum absolute atomic E-state index is 0.108. The van der Waals surface area contributed by atoms with Crippen LogP contribution in [0.2, 0.25) is 0 Å². The summed E-state index contributed by atoms with van der Waals surface area (Å²) in [5, 5.41) is 6.76. The van der Waals surface area contributed by atoms with Gasteiger partial charge in [-0.25, -0.2) is 8.78 Å². The monoisotopic (exact) mass is 479 g/mol. The van der Waals surface area contributed by atoms with Crippen LogP contribution in [0.1, 0.15) is 48.1 Å². The molecule has 0 spiro atoms. The van der Waals surface area contributed by atoms with Crippen LogP contribution in [0.15, 0.2) is 60.1 Å². The van der Waals surface area contributed by atoms with Gasteiger partial charge in [0.15, 0.2) is 11.6 Å². The van der Waals surface area contributed by atoms with Crippen molar-refractivity contribution in [2.45, 2.75) is 32.2 Å². The third-order valence-electron chi connectivity index (χ3n) is 5.99. The standard InChI is InChI=1S/C26H27F2N5O2/c1-17(34)31-22-11-21(14-29-15-22)19-7-9-33(10-8-19)16-18-3-6-25(30-13-18)26(32-35-2)20-4-5-23(27)24(28)12-20/h3-6,11-15,19H,7-10,16H2,1-2H3,(H,31,34)/b32-26-. The number of rotatable bonds is 7. The van der Waals surface area contributed by atoms with Gasteiger partial charge in [0.1, 0.15) is 12.8 Å². The first-order valence-electron chi connectivity index (χ1n) is 11.4. The van der Waals surface area contributed by atoms with E-state index < -0.39 is 11.6 Å². The fourth-order valence-electron chi connectivity index (χ4n) is 4.28. The highest BCUT2D eigenvalue weighted by atomic mass is 19.2. The first-order valence-corrected chi connectivity index (χ1v) is 11.4. The van der Waals surface area contributed by atoms with E-state index in [2.05, 4.69) is 25.3 Å². The summed E-state index contributed by atoms with van der Waals surface area (Å²) in [7, 11) is 1.39. The fourth-order valence-corrected chi connectivity index (χ4v) is 4.28. The maximum absolute atomic E-state index is 13.7. The number of aromatic nitrogens is 2. The summed E-state index contributed by atoms with van der Waals surface area (Å²) in [6.07, 6.45) is 7.30. The molecular formula is C26H27F2N5O2. The number of likely N-dealkylation sites (tertiary alicyclic amines) is 1. The minimum atomic E-state index is -0.955. The highest BCUT2D eigenvalue weighted by Gasteiger charge is 2.21. The summed E-state index contributed by atoms with van der Waals surface area (Å²) in [5.74, 6) is -1.58. The predicted molar refractivity (Wildman–Crippen MR) is 129 cm³/mol. The molecule has 1 amide bonds. The Morgan fingerprint density at radius 3 is 2.57 bits per heavy atom. The molecule has 182 valence electrons. The number of nitrogens with one attached hydrogen (secondary N) is 1. The molecule has 4 rings (SSSR count). The molecule has 1 N–H and O–H groups in total. The molecule has 1 aromatic carbocycles. The van der Waals surface area contributed by atoms with E-state index in [9.17, 15) is 13.6 Å². The number of hydrogen-bond acceptors (Lipinski definition) is 6. The molecule has 35 heavy (non-hydrogen) atoms. The lowest BCUT2D eigenvalue weighted by atomic mass is 9.90. The van der Waals surface area contributed by atoms with Crippen molar-refractivity contribution in [1.82, 2.24) is 14.9 Å². The highest BCUT2D eigenvalue weighted by molar-refractivity contribution is 6.11. The summed E-state index contributed by atoms with van der Waals surface area (Å²) in [6, 6.07) is 9.34. The third-order valence-corrected chi connectivity index (χ3v) is 5.99. The van der Waals surface area contributed by atoms with Gasteiger partial charge in [0.05, 0.1) is 17.6 Å². The average Bonchev–Trinajstić information content (AvgIpc) is 2.85. The van der Waals surface area contributed by atoms with Crippen LogP contribution in [-0.2, 0) is 16.2 Å². The van der Waals surface area contributed by atoms with Crippen LogP contribution in [0, 0.1) is 11.6 Å². The number of benzene rings is 1. The summed E-state index contributed by atoms with van der Waals surface area (Å²) in [4.78, 5) is 27.4. The lowest BCUT2D eigenvalue weighted by Crippen LogP contribution is -2.32. The van der Waals surface area contributed by atoms with Crippen molar-refractivity contribution >= 4 is 17.3 Å². The van der Waals surface area contributed by atoms with Crippen molar-refractivity contribution in [3.05, 3.63) is 89.0 Å². The Morgan fingerprint density at radius 2 is 1.91 bits per heavy atom. The van der Waals surface area contributed by atoms with Crippen LogP contribution >= 0.6 is 0 Å². The van der Waals surface area contributed by atoms with E-state index >= 15 is 0 Å². The Balaban J connectivity index is 1.37. The van der Waals surface area contributed by atoms with Crippen molar-refractivity contribution in [3.63, 3.8) is 0 Å². The highest BCUT2D eigenvalue weighted by Crippen LogP contribution is 2.29. The average molecular weight is 480 g/mol. The first kappa shape index (κ1) is 24.4. The van der Waals surface area contributed by atoms with Gasteiger partial charge >= 0.3 is 0 Å². The molecule has 1 aliphatic heterocycles. The molecule has 0 bridgehead atoms. The van der Waals surface area contributed by atoms with E-state index in [1.54, 1.807) is 18.5 Å². The van der Waals surface area contributed by atoms with Crippen LogP contribution in [-0.4, -0.2) is 46.7 Å². The molecule has 1 aliphatic rings. The first-order chi connectivity index (χ1) is 16.9. The second kappa shape index (κ2) is 11.1. The van der Waals surface area contributed by atoms with Crippen molar-refractivity contribution in [3.8, 4) is 0 Å². The molecule has 1 saturated heterocycles. The zero-order valence-corrected chi connectivity index (χ0v) is 19.7. The molecule has 2 aromatic heterocycles. The number of amides is 1. The molecule has 0 saturated carbocycles. The zero-order valence-electron chi connectivity index (χ0n) is 19.7. The predicted octanol–water partition coefficient (Wildman–Crippen LogP) is 4.49. The number of anilines is 1. The molecule has 3 heterocycles. The summed E-state index contributed by atoms with van der Waals surface area (Å²) >= 11 is 0. The Kier molecular flexibility index (Phi) is 7.77.